The molecule has 19 heavy (non-hydrogen) atoms. The van der Waals surface area contributed by atoms with Crippen LogP contribution in [-0.4, -0.2) is 48.9 Å². The van der Waals surface area contributed by atoms with Crippen molar-refractivity contribution >= 4 is 5.91 Å². The number of amides is 1. The molecule has 1 aliphatic heterocycles. The topological polar surface area (TPSA) is 49.6 Å². The molecule has 3 rings (SSSR count). The largest absolute Gasteiger partial charge is 0.336 e. The molecule has 0 spiro atoms. The molecule has 0 aromatic heterocycles. The van der Waals surface area contributed by atoms with Crippen molar-refractivity contribution in [3.63, 3.8) is 0 Å². The highest BCUT2D eigenvalue weighted by atomic mass is 16.2. The van der Waals surface area contributed by atoms with Gasteiger partial charge in [0.15, 0.2) is 0 Å². The summed E-state index contributed by atoms with van der Waals surface area (Å²) in [5.74, 6) is 0.139. The molecule has 1 heterocycles. The van der Waals surface area contributed by atoms with E-state index < -0.39 is 0 Å². The minimum Gasteiger partial charge on any atom is -0.336 e. The van der Waals surface area contributed by atoms with Gasteiger partial charge in [-0.25, -0.2) is 0 Å². The van der Waals surface area contributed by atoms with Crippen LogP contribution in [0.2, 0.25) is 0 Å². The Hall–Kier alpha value is -1.39. The van der Waals surface area contributed by atoms with Crippen LogP contribution in [0.3, 0.4) is 0 Å². The lowest BCUT2D eigenvalue weighted by molar-refractivity contribution is 0.0662. The van der Waals surface area contributed by atoms with Crippen molar-refractivity contribution in [2.45, 2.75) is 18.4 Å². The molecule has 0 radical (unpaired) electrons. The number of hydrogen-bond acceptors (Lipinski definition) is 3. The molecule has 2 fully saturated rings. The smallest absolute Gasteiger partial charge is 0.254 e. The van der Waals surface area contributed by atoms with Gasteiger partial charge in [0, 0.05) is 37.3 Å². The lowest BCUT2D eigenvalue weighted by Crippen LogP contribution is -2.47. The first-order chi connectivity index (χ1) is 9.10. The minimum atomic E-state index is -0.251. The van der Waals surface area contributed by atoms with E-state index in [0.29, 0.717) is 0 Å². The maximum atomic E-state index is 12.7. The number of rotatable bonds is 2. The molecule has 2 aliphatic rings. The van der Waals surface area contributed by atoms with Crippen molar-refractivity contribution in [1.29, 1.82) is 0 Å². The fraction of sp³-hybridized carbons (Fsp3) is 0.533. The quantitative estimate of drug-likeness (QED) is 0.863. The Bertz CT molecular complexity index is 488. The maximum Gasteiger partial charge on any atom is 0.254 e. The average molecular weight is 259 g/mol. The van der Waals surface area contributed by atoms with E-state index in [4.69, 9.17) is 5.73 Å². The van der Waals surface area contributed by atoms with Gasteiger partial charge in [-0.2, -0.15) is 0 Å². The summed E-state index contributed by atoms with van der Waals surface area (Å²) in [7, 11) is 2.09. The molecule has 1 aromatic carbocycles. The first-order valence-corrected chi connectivity index (χ1v) is 6.96. The Balaban J connectivity index is 1.84. The normalized spacial score (nSPS) is 22.3. The van der Waals surface area contributed by atoms with Crippen molar-refractivity contribution in [2.75, 3.05) is 33.2 Å². The fourth-order valence-electron chi connectivity index (χ4n) is 2.69. The Morgan fingerprint density at radius 1 is 1.16 bits per heavy atom. The number of hydrogen-bond donors (Lipinski definition) is 1. The van der Waals surface area contributed by atoms with E-state index in [1.807, 2.05) is 29.2 Å². The molecule has 1 saturated carbocycles. The fourth-order valence-corrected chi connectivity index (χ4v) is 2.69. The van der Waals surface area contributed by atoms with E-state index in [2.05, 4.69) is 11.9 Å². The first kappa shape index (κ1) is 12.6. The van der Waals surface area contributed by atoms with Gasteiger partial charge in [-0.15, -0.1) is 0 Å². The van der Waals surface area contributed by atoms with Gasteiger partial charge >= 0.3 is 0 Å². The molecule has 1 saturated heterocycles. The summed E-state index contributed by atoms with van der Waals surface area (Å²) in [5.41, 5.74) is 7.85. The molecule has 1 aliphatic carbocycles. The molecule has 0 bridgehead atoms. The molecule has 2 N–H and O–H groups in total. The van der Waals surface area contributed by atoms with Gasteiger partial charge in [0.1, 0.15) is 0 Å². The zero-order valence-electron chi connectivity index (χ0n) is 11.4. The molecule has 4 heteroatoms. The lowest BCUT2D eigenvalue weighted by Gasteiger charge is -2.33. The van der Waals surface area contributed by atoms with Gasteiger partial charge in [0.05, 0.1) is 0 Å². The number of likely N-dealkylation sites (N-methyl/N-ethyl adjacent to an activating group) is 1. The van der Waals surface area contributed by atoms with Crippen LogP contribution >= 0.6 is 0 Å². The Kier molecular flexibility index (Phi) is 3.07. The Morgan fingerprint density at radius 2 is 1.79 bits per heavy atom. The second-order valence-corrected chi connectivity index (χ2v) is 5.80. The molecule has 1 amide bonds. The summed E-state index contributed by atoms with van der Waals surface area (Å²) in [6.45, 7) is 3.51. The zero-order chi connectivity index (χ0) is 13.5. The molecule has 4 nitrogen and oxygen atoms in total. The van der Waals surface area contributed by atoms with E-state index in [9.17, 15) is 4.79 Å². The predicted octanol–water partition coefficient (Wildman–Crippen LogP) is 1.02. The van der Waals surface area contributed by atoms with Crippen LogP contribution in [-0.2, 0) is 5.54 Å². The van der Waals surface area contributed by atoms with E-state index in [0.717, 1.165) is 50.1 Å². The number of benzene rings is 1. The highest BCUT2D eigenvalue weighted by Crippen LogP contribution is 2.44. The van der Waals surface area contributed by atoms with Crippen molar-refractivity contribution in [1.82, 2.24) is 9.80 Å². The van der Waals surface area contributed by atoms with Gasteiger partial charge in [0.2, 0.25) is 0 Å². The van der Waals surface area contributed by atoms with Crippen molar-refractivity contribution in [3.8, 4) is 0 Å². The van der Waals surface area contributed by atoms with Crippen LogP contribution in [0.25, 0.3) is 0 Å². The Morgan fingerprint density at radius 3 is 2.42 bits per heavy atom. The van der Waals surface area contributed by atoms with Crippen LogP contribution in [0.1, 0.15) is 28.8 Å². The summed E-state index contributed by atoms with van der Waals surface area (Å²) in [6, 6.07) is 7.83. The van der Waals surface area contributed by atoms with Crippen LogP contribution in [0.15, 0.2) is 24.3 Å². The summed E-state index contributed by atoms with van der Waals surface area (Å²) in [5, 5.41) is 0. The predicted molar refractivity (Wildman–Crippen MR) is 74.9 cm³/mol. The highest BCUT2D eigenvalue weighted by molar-refractivity contribution is 5.96. The van der Waals surface area contributed by atoms with Crippen LogP contribution < -0.4 is 5.73 Å². The van der Waals surface area contributed by atoms with Crippen LogP contribution in [0, 0.1) is 0 Å². The number of carbonyl (C=O) groups excluding carboxylic acids is 1. The van der Waals surface area contributed by atoms with Gasteiger partial charge in [-0.05, 0) is 31.5 Å². The number of nitrogens with two attached hydrogens (primary N) is 1. The lowest BCUT2D eigenvalue weighted by atomic mass is 9.98. The first-order valence-electron chi connectivity index (χ1n) is 6.96. The Labute approximate surface area is 114 Å². The van der Waals surface area contributed by atoms with Gasteiger partial charge in [0.25, 0.3) is 5.91 Å². The molecule has 0 unspecified atom stereocenters. The zero-order valence-corrected chi connectivity index (χ0v) is 11.4. The number of piperazine rings is 1. The van der Waals surface area contributed by atoms with E-state index >= 15 is 0 Å². The van der Waals surface area contributed by atoms with Gasteiger partial charge < -0.3 is 15.5 Å². The molecule has 102 valence electrons. The third-order valence-electron chi connectivity index (χ3n) is 4.27. The summed E-state index contributed by atoms with van der Waals surface area (Å²) in [4.78, 5) is 16.9. The SMILES string of the molecule is CN1CCN(C(=O)c2ccccc2C2(N)CC2)CC1. The summed E-state index contributed by atoms with van der Waals surface area (Å²) >= 11 is 0. The van der Waals surface area contributed by atoms with E-state index in [1.165, 1.54) is 0 Å². The van der Waals surface area contributed by atoms with Gasteiger partial charge in [-0.3, -0.25) is 4.79 Å². The molecule has 0 atom stereocenters. The molecule has 1 aromatic rings. The standard InChI is InChI=1S/C15H21N3O/c1-17-8-10-18(11-9-17)14(19)12-4-2-3-5-13(12)15(16)6-7-15/h2-5H,6-11,16H2,1H3. The third-order valence-corrected chi connectivity index (χ3v) is 4.27. The summed E-state index contributed by atoms with van der Waals surface area (Å²) < 4.78 is 0. The van der Waals surface area contributed by atoms with Crippen LogP contribution in [0.4, 0.5) is 0 Å². The average Bonchev–Trinajstić information content (AvgIpc) is 3.18. The molecular weight excluding hydrogens is 238 g/mol. The van der Waals surface area contributed by atoms with Crippen LogP contribution in [0.5, 0.6) is 0 Å². The molecular formula is C15H21N3O. The third kappa shape index (κ3) is 2.38. The maximum absolute atomic E-state index is 12.7. The second-order valence-electron chi connectivity index (χ2n) is 5.80. The van der Waals surface area contributed by atoms with Crippen molar-refractivity contribution in [2.24, 2.45) is 5.73 Å². The van der Waals surface area contributed by atoms with Gasteiger partial charge in [-0.1, -0.05) is 18.2 Å². The summed E-state index contributed by atoms with van der Waals surface area (Å²) in [6.07, 6.45) is 1.97. The van der Waals surface area contributed by atoms with E-state index in [1.54, 1.807) is 0 Å². The van der Waals surface area contributed by atoms with Crippen molar-refractivity contribution < 1.29 is 4.79 Å². The number of carbonyl (C=O) groups is 1. The monoisotopic (exact) mass is 259 g/mol. The highest BCUT2D eigenvalue weighted by Gasteiger charge is 2.42. The second kappa shape index (κ2) is 4.62. The van der Waals surface area contributed by atoms with Crippen molar-refractivity contribution in [3.05, 3.63) is 35.4 Å². The number of nitrogens with zero attached hydrogens (tertiary/aromatic N) is 2. The van der Waals surface area contributed by atoms with E-state index in [-0.39, 0.29) is 11.4 Å². The minimum absolute atomic E-state index is 0.139.